The first kappa shape index (κ1) is 14.2. The molecule has 0 N–H and O–H groups in total. The molecule has 0 amide bonds. The molecule has 0 aliphatic heterocycles. The van der Waals surface area contributed by atoms with Crippen molar-refractivity contribution in [1.29, 1.82) is 0 Å². The lowest BCUT2D eigenvalue weighted by molar-refractivity contribution is -0.683. The van der Waals surface area contributed by atoms with E-state index in [0.29, 0.717) is 6.54 Å². The van der Waals surface area contributed by atoms with Crippen molar-refractivity contribution < 1.29 is 9.36 Å². The van der Waals surface area contributed by atoms with E-state index in [1.807, 2.05) is 78.5 Å². The van der Waals surface area contributed by atoms with Crippen LogP contribution in [0.25, 0.3) is 11.1 Å². The maximum Gasteiger partial charge on any atom is 0.227 e. The second-order valence-electron chi connectivity index (χ2n) is 5.41. The number of Topliss-reactive ketones (excluding diaryl/α,β-unsaturated/α-hetero) is 1. The van der Waals surface area contributed by atoms with Gasteiger partial charge in [0.25, 0.3) is 0 Å². The third-order valence-electron chi connectivity index (χ3n) is 3.70. The largest absolute Gasteiger partial charge is 0.287 e. The molecule has 0 aliphatic carbocycles. The first-order valence-electron chi connectivity index (χ1n) is 7.37. The molecule has 3 rings (SSSR count). The number of benzene rings is 2. The van der Waals surface area contributed by atoms with Crippen LogP contribution >= 0.6 is 0 Å². The van der Waals surface area contributed by atoms with E-state index in [1.165, 1.54) is 5.56 Å². The molecule has 2 heteroatoms. The fourth-order valence-electron chi connectivity index (χ4n) is 2.37. The van der Waals surface area contributed by atoms with Crippen LogP contribution in [0.15, 0.2) is 79.1 Å². The van der Waals surface area contributed by atoms with E-state index in [0.717, 1.165) is 16.7 Å². The van der Waals surface area contributed by atoms with E-state index in [1.54, 1.807) is 0 Å². The molecule has 0 saturated heterocycles. The molecule has 22 heavy (non-hydrogen) atoms. The van der Waals surface area contributed by atoms with Crippen LogP contribution in [0.4, 0.5) is 0 Å². The number of pyridine rings is 1. The van der Waals surface area contributed by atoms with Crippen LogP contribution in [0.5, 0.6) is 0 Å². The predicted octanol–water partition coefficient (Wildman–Crippen LogP) is 3.83. The average Bonchev–Trinajstić information content (AvgIpc) is 2.58. The topological polar surface area (TPSA) is 20.9 Å². The van der Waals surface area contributed by atoms with Crippen LogP contribution in [-0.2, 0) is 6.54 Å². The molecule has 1 aromatic heterocycles. The zero-order chi connectivity index (χ0) is 15.4. The highest BCUT2D eigenvalue weighted by molar-refractivity contribution is 5.95. The van der Waals surface area contributed by atoms with E-state index in [4.69, 9.17) is 0 Å². The minimum Gasteiger partial charge on any atom is -0.287 e. The molecule has 108 valence electrons. The molecule has 3 aromatic rings. The molecule has 0 spiro atoms. The SMILES string of the molecule is Cc1cc[n+](CC(=O)c2ccc(-c3ccccc3)cc2)cc1. The lowest BCUT2D eigenvalue weighted by atomic mass is 10.0. The Morgan fingerprint density at radius 3 is 2.05 bits per heavy atom. The molecule has 0 bridgehead atoms. The molecule has 0 saturated carbocycles. The summed E-state index contributed by atoms with van der Waals surface area (Å²) in [5.74, 6) is 0.119. The molecule has 1 heterocycles. The van der Waals surface area contributed by atoms with Gasteiger partial charge in [-0.3, -0.25) is 4.79 Å². The second kappa shape index (κ2) is 6.35. The zero-order valence-corrected chi connectivity index (χ0v) is 12.6. The average molecular weight is 288 g/mol. The Bertz CT molecular complexity index is 759. The molecular formula is C20H18NO+. The standard InChI is InChI=1S/C20H18NO/c1-16-11-13-21(14-12-16)15-20(22)19-9-7-18(8-10-19)17-5-3-2-4-6-17/h2-14H,15H2,1H3/q+1. The van der Waals surface area contributed by atoms with Gasteiger partial charge in [-0.05, 0) is 23.6 Å². The number of carbonyl (C=O) groups excluding carboxylic acids is 1. The number of aryl methyl sites for hydroxylation is 1. The molecule has 2 aromatic carbocycles. The first-order chi connectivity index (χ1) is 10.7. The Kier molecular flexibility index (Phi) is 4.10. The summed E-state index contributed by atoms with van der Waals surface area (Å²) in [4.78, 5) is 12.3. The number of aromatic nitrogens is 1. The van der Waals surface area contributed by atoms with Crippen LogP contribution in [-0.4, -0.2) is 5.78 Å². The third kappa shape index (κ3) is 3.29. The Morgan fingerprint density at radius 1 is 0.818 bits per heavy atom. The van der Waals surface area contributed by atoms with Crippen LogP contribution in [0, 0.1) is 6.92 Å². The first-order valence-corrected chi connectivity index (χ1v) is 7.37. The van der Waals surface area contributed by atoms with Gasteiger partial charge in [0.15, 0.2) is 12.4 Å². The number of nitrogens with zero attached hydrogens (tertiary/aromatic N) is 1. The summed E-state index contributed by atoms with van der Waals surface area (Å²) in [7, 11) is 0. The van der Waals surface area contributed by atoms with Crippen LogP contribution in [0.2, 0.25) is 0 Å². The van der Waals surface area contributed by atoms with Gasteiger partial charge in [0.05, 0.1) is 0 Å². The van der Waals surface area contributed by atoms with Gasteiger partial charge in [-0.15, -0.1) is 0 Å². The van der Waals surface area contributed by atoms with Crippen molar-refractivity contribution in [2.75, 3.05) is 0 Å². The van der Waals surface area contributed by atoms with Crippen LogP contribution in [0.1, 0.15) is 15.9 Å². The summed E-state index contributed by atoms with van der Waals surface area (Å²) >= 11 is 0. The monoisotopic (exact) mass is 288 g/mol. The fraction of sp³-hybridized carbons (Fsp3) is 0.100. The Hall–Kier alpha value is -2.74. The van der Waals surface area contributed by atoms with E-state index in [-0.39, 0.29) is 5.78 Å². The number of ketones is 1. The normalized spacial score (nSPS) is 10.4. The van der Waals surface area contributed by atoms with E-state index < -0.39 is 0 Å². The maximum absolute atomic E-state index is 12.3. The van der Waals surface area contributed by atoms with E-state index >= 15 is 0 Å². The Labute approximate surface area is 130 Å². The molecule has 0 aliphatic rings. The third-order valence-corrected chi connectivity index (χ3v) is 3.70. The summed E-state index contributed by atoms with van der Waals surface area (Å²) in [5, 5.41) is 0. The minimum absolute atomic E-state index is 0.119. The van der Waals surface area contributed by atoms with Crippen LogP contribution < -0.4 is 4.57 Å². The number of hydrogen-bond acceptors (Lipinski definition) is 1. The highest BCUT2D eigenvalue weighted by Crippen LogP contribution is 2.19. The van der Waals surface area contributed by atoms with Crippen molar-refractivity contribution in [2.24, 2.45) is 0 Å². The Morgan fingerprint density at radius 2 is 1.41 bits per heavy atom. The van der Waals surface area contributed by atoms with Crippen molar-refractivity contribution >= 4 is 5.78 Å². The molecule has 0 fully saturated rings. The van der Waals surface area contributed by atoms with Gasteiger partial charge in [-0.25, -0.2) is 0 Å². The number of hydrogen-bond donors (Lipinski definition) is 0. The maximum atomic E-state index is 12.3. The van der Waals surface area contributed by atoms with Crippen molar-refractivity contribution in [2.45, 2.75) is 13.5 Å². The zero-order valence-electron chi connectivity index (χ0n) is 12.6. The summed E-state index contributed by atoms with van der Waals surface area (Å²) in [6.07, 6.45) is 3.87. The van der Waals surface area contributed by atoms with Gasteiger partial charge >= 0.3 is 0 Å². The highest BCUT2D eigenvalue weighted by Gasteiger charge is 2.11. The van der Waals surface area contributed by atoms with Crippen LogP contribution in [0.3, 0.4) is 0 Å². The van der Waals surface area contributed by atoms with Crippen molar-refractivity contribution in [3.8, 4) is 11.1 Å². The predicted molar refractivity (Wildman–Crippen MR) is 87.6 cm³/mol. The Balaban J connectivity index is 1.75. The van der Waals surface area contributed by atoms with Gasteiger partial charge in [-0.1, -0.05) is 54.6 Å². The quantitative estimate of drug-likeness (QED) is 0.528. The van der Waals surface area contributed by atoms with Gasteiger partial charge in [-0.2, -0.15) is 4.57 Å². The number of rotatable bonds is 4. The lowest BCUT2D eigenvalue weighted by Crippen LogP contribution is -2.37. The molecular weight excluding hydrogens is 270 g/mol. The van der Waals surface area contributed by atoms with Gasteiger partial charge in [0.1, 0.15) is 0 Å². The summed E-state index contributed by atoms with van der Waals surface area (Å²) < 4.78 is 1.90. The second-order valence-corrected chi connectivity index (χ2v) is 5.41. The number of carbonyl (C=O) groups is 1. The molecule has 0 radical (unpaired) electrons. The van der Waals surface area contributed by atoms with Gasteiger partial charge in [0, 0.05) is 17.7 Å². The minimum atomic E-state index is 0.119. The van der Waals surface area contributed by atoms with E-state index in [2.05, 4.69) is 12.1 Å². The van der Waals surface area contributed by atoms with Crippen molar-refractivity contribution in [1.82, 2.24) is 0 Å². The smallest absolute Gasteiger partial charge is 0.227 e. The van der Waals surface area contributed by atoms with Crippen molar-refractivity contribution in [3.05, 3.63) is 90.3 Å². The highest BCUT2D eigenvalue weighted by atomic mass is 16.1. The molecule has 0 unspecified atom stereocenters. The van der Waals surface area contributed by atoms with E-state index in [9.17, 15) is 4.79 Å². The summed E-state index contributed by atoms with van der Waals surface area (Å²) in [6, 6.07) is 22.0. The molecule has 0 atom stereocenters. The molecule has 2 nitrogen and oxygen atoms in total. The van der Waals surface area contributed by atoms with Gasteiger partial charge < -0.3 is 0 Å². The fourth-order valence-corrected chi connectivity index (χ4v) is 2.37. The lowest BCUT2D eigenvalue weighted by Gasteiger charge is -2.03. The van der Waals surface area contributed by atoms with Crippen molar-refractivity contribution in [3.63, 3.8) is 0 Å². The summed E-state index contributed by atoms with van der Waals surface area (Å²) in [5.41, 5.74) is 4.22. The summed E-state index contributed by atoms with van der Waals surface area (Å²) in [6.45, 7) is 2.40. The van der Waals surface area contributed by atoms with Gasteiger partial charge in [0.2, 0.25) is 12.3 Å².